The van der Waals surface area contributed by atoms with E-state index in [1.807, 2.05) is 6.07 Å². The molecule has 7 heteroatoms. The number of hydrogen-bond donors (Lipinski definition) is 0. The predicted molar refractivity (Wildman–Crippen MR) is 68.4 cm³/mol. The van der Waals surface area contributed by atoms with E-state index >= 15 is 0 Å². The smallest absolute Gasteiger partial charge is 0.352 e. The van der Waals surface area contributed by atoms with Gasteiger partial charge in [-0.05, 0) is 23.1 Å². The lowest BCUT2D eigenvalue weighted by atomic mass is 10.0. The summed E-state index contributed by atoms with van der Waals surface area (Å²) in [4.78, 5) is 26.6. The third-order valence-electron chi connectivity index (χ3n) is 2.97. The van der Waals surface area contributed by atoms with E-state index in [0.717, 1.165) is 5.56 Å². The first-order chi connectivity index (χ1) is 9.64. The molecule has 1 fully saturated rings. The summed E-state index contributed by atoms with van der Waals surface area (Å²) >= 11 is 0. The van der Waals surface area contributed by atoms with E-state index < -0.39 is 23.6 Å². The maximum absolute atomic E-state index is 12.1. The number of esters is 1. The van der Waals surface area contributed by atoms with Crippen molar-refractivity contribution in [1.29, 1.82) is 0 Å². The van der Waals surface area contributed by atoms with Crippen molar-refractivity contribution in [1.82, 2.24) is 0 Å². The molecule has 1 aromatic carbocycles. The lowest BCUT2D eigenvalue weighted by Crippen LogP contribution is -2.43. The minimum Gasteiger partial charge on any atom is -0.463 e. The number of carbonyl (C=O) groups is 2. The molecule has 1 aliphatic rings. The second kappa shape index (κ2) is 5.73. The minimum absolute atomic E-state index is 0.0398. The summed E-state index contributed by atoms with van der Waals surface area (Å²) in [5.41, 5.74) is 7.14. The molecule has 1 aliphatic heterocycles. The van der Waals surface area contributed by atoms with Gasteiger partial charge in [-0.3, -0.25) is 4.79 Å². The molecular weight excluding hydrogens is 262 g/mol. The van der Waals surface area contributed by atoms with E-state index in [4.69, 9.17) is 15.0 Å². The van der Waals surface area contributed by atoms with E-state index in [-0.39, 0.29) is 13.0 Å². The Morgan fingerprint density at radius 3 is 2.85 bits per heavy atom. The summed E-state index contributed by atoms with van der Waals surface area (Å²) in [5.74, 6) is -1.57. The van der Waals surface area contributed by atoms with E-state index in [0.29, 0.717) is 0 Å². The number of hydrogen-bond acceptors (Lipinski definition) is 5. The first kappa shape index (κ1) is 14.0. The van der Waals surface area contributed by atoms with Crippen LogP contribution in [-0.2, 0) is 19.1 Å². The molecule has 1 aromatic rings. The zero-order valence-corrected chi connectivity index (χ0v) is 10.9. The van der Waals surface area contributed by atoms with Gasteiger partial charge in [-0.2, -0.15) is 0 Å². The number of Topliss-reactive ketones (excluding diaryl/α,β-unsaturated/α-hetero) is 1. The van der Waals surface area contributed by atoms with E-state index in [1.54, 1.807) is 31.2 Å². The Hall–Kier alpha value is -2.37. The fraction of sp³-hybridized carbons (Fsp3) is 0.385. The van der Waals surface area contributed by atoms with Crippen LogP contribution >= 0.6 is 0 Å². The van der Waals surface area contributed by atoms with Gasteiger partial charge in [0.2, 0.25) is 0 Å². The average Bonchev–Trinajstić information content (AvgIpc) is 2.79. The van der Waals surface area contributed by atoms with Crippen LogP contribution in [0.15, 0.2) is 35.4 Å². The van der Waals surface area contributed by atoms with Crippen LogP contribution in [0.1, 0.15) is 25.0 Å². The molecule has 2 rings (SSSR count). The highest BCUT2D eigenvalue weighted by Gasteiger charge is 2.55. The Labute approximate surface area is 115 Å². The van der Waals surface area contributed by atoms with Crippen LogP contribution < -0.4 is 0 Å². The molecule has 0 radical (unpaired) electrons. The number of azide groups is 1. The molecule has 20 heavy (non-hydrogen) atoms. The fourth-order valence-corrected chi connectivity index (χ4v) is 2.05. The zero-order chi connectivity index (χ0) is 14.6. The Morgan fingerprint density at radius 2 is 2.25 bits per heavy atom. The summed E-state index contributed by atoms with van der Waals surface area (Å²) in [6, 6.07) is 8.96. The molecule has 0 bridgehead atoms. The zero-order valence-electron chi connectivity index (χ0n) is 10.9. The van der Waals surface area contributed by atoms with E-state index in [2.05, 4.69) is 10.0 Å². The van der Waals surface area contributed by atoms with Gasteiger partial charge in [0, 0.05) is 11.3 Å². The van der Waals surface area contributed by atoms with Crippen LogP contribution in [0.5, 0.6) is 0 Å². The highest BCUT2D eigenvalue weighted by Crippen LogP contribution is 2.38. The summed E-state index contributed by atoms with van der Waals surface area (Å²) in [6.45, 7) is 1.66. The monoisotopic (exact) mass is 275 g/mol. The van der Waals surface area contributed by atoms with Gasteiger partial charge in [0.25, 0.3) is 0 Å². The van der Waals surface area contributed by atoms with Gasteiger partial charge in [-0.15, -0.1) is 0 Å². The molecule has 1 saturated heterocycles. The van der Waals surface area contributed by atoms with Crippen molar-refractivity contribution in [2.75, 3.05) is 6.61 Å². The first-order valence-electron chi connectivity index (χ1n) is 6.13. The summed E-state index contributed by atoms with van der Waals surface area (Å²) in [7, 11) is 0. The van der Waals surface area contributed by atoms with Gasteiger partial charge in [-0.25, -0.2) is 4.79 Å². The van der Waals surface area contributed by atoms with Crippen LogP contribution in [0.3, 0.4) is 0 Å². The minimum atomic E-state index is -2.20. The van der Waals surface area contributed by atoms with E-state index in [1.165, 1.54) is 0 Å². The van der Waals surface area contributed by atoms with Gasteiger partial charge in [0.1, 0.15) is 0 Å². The molecule has 0 saturated carbocycles. The van der Waals surface area contributed by atoms with Crippen molar-refractivity contribution in [2.45, 2.75) is 25.2 Å². The molecule has 7 nitrogen and oxygen atoms in total. The molecule has 0 unspecified atom stereocenters. The van der Waals surface area contributed by atoms with Gasteiger partial charge in [0.15, 0.2) is 5.78 Å². The van der Waals surface area contributed by atoms with E-state index in [9.17, 15) is 9.59 Å². The Morgan fingerprint density at radius 1 is 1.55 bits per heavy atom. The SMILES string of the molecule is CCOC(=O)[C@]1(N=[N+]=[N-])O[C@H](c2ccccc2)CC1=O. The Balaban J connectivity index is 2.33. The number of ketones is 1. The number of benzene rings is 1. The Kier molecular flexibility index (Phi) is 4.02. The number of rotatable bonds is 4. The first-order valence-corrected chi connectivity index (χ1v) is 6.13. The maximum Gasteiger partial charge on any atom is 0.352 e. The third-order valence-corrected chi connectivity index (χ3v) is 2.97. The Bertz CT molecular complexity index is 568. The second-order valence-corrected chi connectivity index (χ2v) is 4.20. The third kappa shape index (κ3) is 2.36. The highest BCUT2D eigenvalue weighted by atomic mass is 16.6. The van der Waals surface area contributed by atoms with Crippen LogP contribution in [0, 0.1) is 0 Å². The summed E-state index contributed by atoms with van der Waals surface area (Å²) < 4.78 is 10.2. The molecule has 0 aromatic heterocycles. The second-order valence-electron chi connectivity index (χ2n) is 4.20. The van der Waals surface area contributed by atoms with Crippen molar-refractivity contribution >= 4 is 11.8 Å². The quantitative estimate of drug-likeness (QED) is 0.276. The van der Waals surface area contributed by atoms with Crippen LogP contribution in [0.4, 0.5) is 0 Å². The molecular formula is C13H13N3O4. The van der Waals surface area contributed by atoms with Crippen molar-refractivity contribution < 1.29 is 19.1 Å². The molecule has 0 N–H and O–H groups in total. The van der Waals surface area contributed by atoms with Gasteiger partial charge in [-0.1, -0.05) is 30.3 Å². The number of nitrogens with zero attached hydrogens (tertiary/aromatic N) is 3. The standard InChI is InChI=1S/C13H13N3O4/c1-2-19-12(18)13(15-16-14)11(17)8-10(20-13)9-6-4-3-5-7-9/h3-7,10H,2,8H2,1H3/t10-,13+/m0/s1. The van der Waals surface area contributed by atoms with Crippen molar-refractivity contribution in [3.8, 4) is 0 Å². The average molecular weight is 275 g/mol. The molecule has 104 valence electrons. The van der Waals surface area contributed by atoms with Crippen molar-refractivity contribution in [2.24, 2.45) is 5.11 Å². The molecule has 0 aliphatic carbocycles. The van der Waals surface area contributed by atoms with Gasteiger partial charge >= 0.3 is 11.7 Å². The van der Waals surface area contributed by atoms with Gasteiger partial charge < -0.3 is 9.47 Å². The summed E-state index contributed by atoms with van der Waals surface area (Å²) in [6.07, 6.45) is -0.666. The summed E-state index contributed by atoms with van der Waals surface area (Å²) in [5, 5.41) is 3.26. The van der Waals surface area contributed by atoms with Crippen LogP contribution in [0.25, 0.3) is 10.4 Å². The van der Waals surface area contributed by atoms with Crippen LogP contribution in [0.2, 0.25) is 0 Å². The lowest BCUT2D eigenvalue weighted by molar-refractivity contribution is -0.172. The van der Waals surface area contributed by atoms with Gasteiger partial charge in [0.05, 0.1) is 12.7 Å². The number of ether oxygens (including phenoxy) is 2. The molecule has 0 spiro atoms. The molecule has 1 heterocycles. The van der Waals surface area contributed by atoms with Crippen molar-refractivity contribution in [3.05, 3.63) is 46.3 Å². The lowest BCUT2D eigenvalue weighted by Gasteiger charge is -2.20. The molecule has 2 atom stereocenters. The predicted octanol–water partition coefficient (Wildman–Crippen LogP) is 2.29. The fourth-order valence-electron chi connectivity index (χ4n) is 2.05. The normalized spacial score (nSPS) is 25.1. The highest BCUT2D eigenvalue weighted by molar-refractivity contribution is 6.08. The number of carbonyl (C=O) groups excluding carboxylic acids is 2. The van der Waals surface area contributed by atoms with Crippen molar-refractivity contribution in [3.63, 3.8) is 0 Å². The molecule has 0 amide bonds. The topological polar surface area (TPSA) is 101 Å². The largest absolute Gasteiger partial charge is 0.463 e. The maximum atomic E-state index is 12.1. The van der Waals surface area contributed by atoms with Crippen LogP contribution in [-0.4, -0.2) is 24.1 Å².